The van der Waals surface area contributed by atoms with Gasteiger partial charge in [0.15, 0.2) is 6.73 Å². The highest BCUT2D eigenvalue weighted by Crippen LogP contribution is 2.17. The largest absolute Gasteiger partial charge is 0.473 e. The molecule has 0 fully saturated rings. The second-order valence-electron chi connectivity index (χ2n) is 3.41. The molecule has 5 nitrogen and oxygen atoms in total. The van der Waals surface area contributed by atoms with Crippen LogP contribution in [0.1, 0.15) is 12.5 Å². The lowest BCUT2D eigenvalue weighted by atomic mass is 10.1. The third-order valence-corrected chi connectivity index (χ3v) is 2.21. The normalized spacial score (nSPS) is 9.76. The number of rotatable bonds is 6. The Morgan fingerprint density at radius 2 is 2.12 bits per heavy atom. The maximum absolute atomic E-state index is 11.1. The summed E-state index contributed by atoms with van der Waals surface area (Å²) in [6.07, 6.45) is 0.882. The van der Waals surface area contributed by atoms with Crippen molar-refractivity contribution >= 4 is 6.03 Å². The summed E-state index contributed by atoms with van der Waals surface area (Å²) in [5, 5.41) is 13.5. The van der Waals surface area contributed by atoms with E-state index in [-0.39, 0.29) is 25.9 Å². The van der Waals surface area contributed by atoms with E-state index < -0.39 is 0 Å². The summed E-state index contributed by atoms with van der Waals surface area (Å²) in [6.45, 7) is 2.31. The predicted octanol–water partition coefficient (Wildman–Crippen LogP) is 0.877. The van der Waals surface area contributed by atoms with Gasteiger partial charge in [0.2, 0.25) is 0 Å². The number of amides is 2. The SMILES string of the molecule is CCc1ccccc1OCNC(=O)NCCO. The van der Waals surface area contributed by atoms with Crippen LogP contribution in [0.2, 0.25) is 0 Å². The van der Waals surface area contributed by atoms with Crippen molar-refractivity contribution in [2.75, 3.05) is 19.9 Å². The molecule has 0 unspecified atom stereocenters. The van der Waals surface area contributed by atoms with Gasteiger partial charge in [0.25, 0.3) is 0 Å². The van der Waals surface area contributed by atoms with Gasteiger partial charge in [0.05, 0.1) is 6.61 Å². The minimum Gasteiger partial charge on any atom is -0.473 e. The molecule has 94 valence electrons. The molecular formula is C12H18N2O3. The van der Waals surface area contributed by atoms with Crippen LogP contribution in [0, 0.1) is 0 Å². The van der Waals surface area contributed by atoms with Gasteiger partial charge in [0, 0.05) is 6.54 Å². The van der Waals surface area contributed by atoms with Crippen LogP contribution >= 0.6 is 0 Å². The van der Waals surface area contributed by atoms with Gasteiger partial charge in [0.1, 0.15) is 5.75 Å². The number of benzene rings is 1. The number of carbonyl (C=O) groups excluding carboxylic acids is 1. The van der Waals surface area contributed by atoms with Crippen LogP contribution in [0.5, 0.6) is 5.75 Å². The average molecular weight is 238 g/mol. The zero-order valence-electron chi connectivity index (χ0n) is 9.90. The molecule has 1 aromatic rings. The molecule has 0 saturated heterocycles. The van der Waals surface area contributed by atoms with Crippen molar-refractivity contribution < 1.29 is 14.6 Å². The highest BCUT2D eigenvalue weighted by molar-refractivity contribution is 5.73. The summed E-state index contributed by atoms with van der Waals surface area (Å²) in [5.74, 6) is 0.775. The van der Waals surface area contributed by atoms with Crippen molar-refractivity contribution in [2.24, 2.45) is 0 Å². The Morgan fingerprint density at radius 3 is 2.82 bits per heavy atom. The minimum absolute atomic E-state index is 0.0764. The van der Waals surface area contributed by atoms with Gasteiger partial charge in [-0.1, -0.05) is 25.1 Å². The van der Waals surface area contributed by atoms with Crippen LogP contribution in [-0.4, -0.2) is 31.0 Å². The van der Waals surface area contributed by atoms with E-state index in [9.17, 15) is 4.79 Å². The standard InChI is InChI=1S/C12H18N2O3/c1-2-10-5-3-4-6-11(10)17-9-14-12(16)13-7-8-15/h3-6,15H,2,7-9H2,1H3,(H2,13,14,16). The highest BCUT2D eigenvalue weighted by atomic mass is 16.5. The fraction of sp³-hybridized carbons (Fsp3) is 0.417. The topological polar surface area (TPSA) is 70.6 Å². The van der Waals surface area contributed by atoms with E-state index in [0.29, 0.717) is 0 Å². The number of hydrogen-bond donors (Lipinski definition) is 3. The van der Waals surface area contributed by atoms with Crippen LogP contribution in [0.25, 0.3) is 0 Å². The van der Waals surface area contributed by atoms with Crippen molar-refractivity contribution in [1.82, 2.24) is 10.6 Å². The van der Waals surface area contributed by atoms with Gasteiger partial charge >= 0.3 is 6.03 Å². The fourth-order valence-corrected chi connectivity index (χ4v) is 1.35. The molecule has 17 heavy (non-hydrogen) atoms. The average Bonchev–Trinajstić information content (AvgIpc) is 2.37. The molecule has 1 rings (SSSR count). The number of carbonyl (C=O) groups is 1. The first-order valence-electron chi connectivity index (χ1n) is 5.61. The molecule has 0 spiro atoms. The predicted molar refractivity (Wildman–Crippen MR) is 64.9 cm³/mol. The van der Waals surface area contributed by atoms with Crippen LogP contribution < -0.4 is 15.4 Å². The van der Waals surface area contributed by atoms with Gasteiger partial charge in [-0.3, -0.25) is 0 Å². The molecule has 0 radical (unpaired) electrons. The molecule has 5 heteroatoms. The Hall–Kier alpha value is -1.75. The Balaban J connectivity index is 2.33. The minimum atomic E-state index is -0.354. The fourth-order valence-electron chi connectivity index (χ4n) is 1.35. The zero-order valence-corrected chi connectivity index (χ0v) is 9.90. The number of hydrogen-bond acceptors (Lipinski definition) is 3. The summed E-state index contributed by atoms with van der Waals surface area (Å²) in [4.78, 5) is 11.1. The van der Waals surface area contributed by atoms with Crippen LogP contribution in [0.15, 0.2) is 24.3 Å². The third kappa shape index (κ3) is 4.74. The summed E-state index contributed by atoms with van der Waals surface area (Å²) in [7, 11) is 0. The number of aryl methyl sites for hydroxylation is 1. The number of aliphatic hydroxyl groups is 1. The van der Waals surface area contributed by atoms with Gasteiger partial charge in [-0.15, -0.1) is 0 Å². The molecule has 0 aliphatic rings. The highest BCUT2D eigenvalue weighted by Gasteiger charge is 2.01. The molecule has 0 saturated carbocycles. The second kappa shape index (κ2) is 7.51. The molecule has 0 bridgehead atoms. The summed E-state index contributed by atoms with van der Waals surface area (Å²) in [5.41, 5.74) is 1.10. The van der Waals surface area contributed by atoms with Crippen molar-refractivity contribution in [1.29, 1.82) is 0 Å². The molecule has 0 aromatic heterocycles. The van der Waals surface area contributed by atoms with Crippen LogP contribution in [-0.2, 0) is 6.42 Å². The van der Waals surface area contributed by atoms with Crippen molar-refractivity contribution in [2.45, 2.75) is 13.3 Å². The number of aliphatic hydroxyl groups excluding tert-OH is 1. The Kier molecular flexibility index (Phi) is 5.88. The Morgan fingerprint density at radius 1 is 1.35 bits per heavy atom. The molecule has 3 N–H and O–H groups in total. The zero-order chi connectivity index (χ0) is 12.5. The lowest BCUT2D eigenvalue weighted by molar-refractivity contribution is 0.218. The van der Waals surface area contributed by atoms with E-state index >= 15 is 0 Å². The lowest BCUT2D eigenvalue weighted by Crippen LogP contribution is -2.38. The molecule has 0 aliphatic carbocycles. The van der Waals surface area contributed by atoms with Crippen LogP contribution in [0.4, 0.5) is 4.79 Å². The first-order chi connectivity index (χ1) is 8.27. The first-order valence-corrected chi connectivity index (χ1v) is 5.61. The Bertz CT molecular complexity index is 355. The smallest absolute Gasteiger partial charge is 0.317 e. The van der Waals surface area contributed by atoms with E-state index in [0.717, 1.165) is 17.7 Å². The summed E-state index contributed by atoms with van der Waals surface area (Å²) < 4.78 is 5.44. The van der Waals surface area contributed by atoms with Crippen LogP contribution in [0.3, 0.4) is 0 Å². The number of urea groups is 1. The van der Waals surface area contributed by atoms with Gasteiger partial charge in [-0.25, -0.2) is 4.79 Å². The second-order valence-corrected chi connectivity index (χ2v) is 3.41. The number of nitrogens with one attached hydrogen (secondary N) is 2. The Labute approximate surface area is 101 Å². The lowest BCUT2D eigenvalue weighted by Gasteiger charge is -2.11. The van der Waals surface area contributed by atoms with Crippen molar-refractivity contribution in [3.63, 3.8) is 0 Å². The van der Waals surface area contributed by atoms with E-state index in [2.05, 4.69) is 10.6 Å². The van der Waals surface area contributed by atoms with Gasteiger partial charge in [-0.2, -0.15) is 0 Å². The summed E-state index contributed by atoms with van der Waals surface area (Å²) in [6, 6.07) is 7.34. The van der Waals surface area contributed by atoms with E-state index in [1.807, 2.05) is 31.2 Å². The molecule has 0 atom stereocenters. The molecular weight excluding hydrogens is 220 g/mol. The molecule has 0 heterocycles. The maximum atomic E-state index is 11.1. The van der Waals surface area contributed by atoms with E-state index in [1.165, 1.54) is 0 Å². The number of para-hydroxylation sites is 1. The van der Waals surface area contributed by atoms with Crippen molar-refractivity contribution in [3.05, 3.63) is 29.8 Å². The van der Waals surface area contributed by atoms with Gasteiger partial charge < -0.3 is 20.5 Å². The van der Waals surface area contributed by atoms with E-state index in [1.54, 1.807) is 0 Å². The monoisotopic (exact) mass is 238 g/mol. The summed E-state index contributed by atoms with van der Waals surface area (Å²) >= 11 is 0. The molecule has 2 amide bonds. The van der Waals surface area contributed by atoms with Gasteiger partial charge in [-0.05, 0) is 18.1 Å². The maximum Gasteiger partial charge on any atom is 0.317 e. The molecule has 0 aliphatic heterocycles. The third-order valence-electron chi connectivity index (χ3n) is 2.21. The van der Waals surface area contributed by atoms with Crippen molar-refractivity contribution in [3.8, 4) is 5.75 Å². The quantitative estimate of drug-likeness (QED) is 0.644. The molecule has 1 aromatic carbocycles. The first kappa shape index (κ1) is 13.3. The number of ether oxygens (including phenoxy) is 1. The van der Waals surface area contributed by atoms with E-state index in [4.69, 9.17) is 9.84 Å².